The molecule has 0 aliphatic heterocycles. The Bertz CT molecular complexity index is 588. The molecule has 0 radical (unpaired) electrons. The zero-order valence-corrected chi connectivity index (χ0v) is 14.0. The number of aryl methyl sites for hydroxylation is 1. The topological polar surface area (TPSA) is 89.3 Å². The SMILES string of the molecule is CCS(=O)CCNS(=O)(=O)c1cc(N)c(Br)cc1C. The summed E-state index contributed by atoms with van der Waals surface area (Å²) >= 11 is 3.25. The molecule has 0 bridgehead atoms. The van der Waals surface area contributed by atoms with Gasteiger partial charge in [0.25, 0.3) is 0 Å². The highest BCUT2D eigenvalue weighted by molar-refractivity contribution is 9.10. The zero-order valence-electron chi connectivity index (χ0n) is 10.8. The molecule has 0 heterocycles. The smallest absolute Gasteiger partial charge is 0.240 e. The van der Waals surface area contributed by atoms with Crippen LogP contribution in [0.2, 0.25) is 0 Å². The van der Waals surface area contributed by atoms with Gasteiger partial charge in [0.15, 0.2) is 0 Å². The Labute approximate surface area is 124 Å². The zero-order chi connectivity index (χ0) is 14.6. The van der Waals surface area contributed by atoms with Gasteiger partial charge in [0.05, 0.1) is 4.90 Å². The van der Waals surface area contributed by atoms with Gasteiger partial charge in [-0.15, -0.1) is 0 Å². The monoisotopic (exact) mass is 368 g/mol. The van der Waals surface area contributed by atoms with Gasteiger partial charge in [-0.3, -0.25) is 4.21 Å². The summed E-state index contributed by atoms with van der Waals surface area (Å²) in [5.74, 6) is 0.826. The summed E-state index contributed by atoms with van der Waals surface area (Å²) in [7, 11) is -4.61. The number of nitrogen functional groups attached to an aromatic ring is 1. The van der Waals surface area contributed by atoms with Crippen LogP contribution >= 0.6 is 15.9 Å². The van der Waals surface area contributed by atoms with Crippen molar-refractivity contribution in [3.8, 4) is 0 Å². The molecule has 0 aliphatic rings. The number of anilines is 1. The molecule has 0 saturated carbocycles. The summed E-state index contributed by atoms with van der Waals surface area (Å²) in [5, 5.41) is 0. The molecule has 3 N–H and O–H groups in total. The van der Waals surface area contributed by atoms with Gasteiger partial charge >= 0.3 is 0 Å². The summed E-state index contributed by atoms with van der Waals surface area (Å²) in [6.07, 6.45) is 0. The Morgan fingerprint density at radius 3 is 2.63 bits per heavy atom. The van der Waals surface area contributed by atoms with Crippen molar-refractivity contribution in [2.45, 2.75) is 18.7 Å². The van der Waals surface area contributed by atoms with Gasteiger partial charge in [0, 0.05) is 39.0 Å². The molecular formula is C11H17BrN2O3S2. The molecule has 1 aromatic rings. The van der Waals surface area contributed by atoms with E-state index in [1.165, 1.54) is 6.07 Å². The molecule has 0 aromatic heterocycles. The molecule has 0 aliphatic carbocycles. The Kier molecular flexibility index (Phi) is 5.97. The fraction of sp³-hybridized carbons (Fsp3) is 0.455. The van der Waals surface area contributed by atoms with Crippen molar-refractivity contribution in [3.63, 3.8) is 0 Å². The Balaban J connectivity index is 2.89. The van der Waals surface area contributed by atoms with Crippen LogP contribution in [-0.4, -0.2) is 30.7 Å². The van der Waals surface area contributed by atoms with Gasteiger partial charge in [-0.25, -0.2) is 13.1 Å². The largest absolute Gasteiger partial charge is 0.398 e. The van der Waals surface area contributed by atoms with E-state index in [9.17, 15) is 12.6 Å². The van der Waals surface area contributed by atoms with Gasteiger partial charge in [-0.05, 0) is 40.5 Å². The number of nitrogens with one attached hydrogen (secondary N) is 1. The Morgan fingerprint density at radius 2 is 2.05 bits per heavy atom. The molecule has 0 spiro atoms. The van der Waals surface area contributed by atoms with E-state index in [1.807, 2.05) is 0 Å². The predicted molar refractivity (Wildman–Crippen MR) is 82.0 cm³/mol. The van der Waals surface area contributed by atoms with Gasteiger partial charge in [-0.2, -0.15) is 0 Å². The van der Waals surface area contributed by atoms with E-state index in [0.29, 0.717) is 27.2 Å². The summed E-state index contributed by atoms with van der Waals surface area (Å²) in [6.45, 7) is 3.64. The van der Waals surface area contributed by atoms with Crippen molar-refractivity contribution in [3.05, 3.63) is 22.2 Å². The van der Waals surface area contributed by atoms with Gasteiger partial charge in [-0.1, -0.05) is 6.92 Å². The number of hydrogen-bond donors (Lipinski definition) is 2. The van der Waals surface area contributed by atoms with Crippen LogP contribution in [0.3, 0.4) is 0 Å². The molecule has 19 heavy (non-hydrogen) atoms. The number of nitrogens with two attached hydrogens (primary N) is 1. The van der Waals surface area contributed by atoms with Crippen LogP contribution in [-0.2, 0) is 20.8 Å². The highest BCUT2D eigenvalue weighted by atomic mass is 79.9. The maximum atomic E-state index is 12.1. The Hall–Kier alpha value is -0.440. The predicted octanol–water partition coefficient (Wildman–Crippen LogP) is 1.39. The second-order valence-corrected chi connectivity index (χ2v) is 8.42. The van der Waals surface area contributed by atoms with Crippen molar-refractivity contribution in [2.24, 2.45) is 0 Å². The normalized spacial score (nSPS) is 13.4. The van der Waals surface area contributed by atoms with E-state index < -0.39 is 20.8 Å². The summed E-state index contributed by atoms with van der Waals surface area (Å²) in [5.41, 5.74) is 6.66. The van der Waals surface area contributed by atoms with Crippen LogP contribution in [0, 0.1) is 6.92 Å². The minimum absolute atomic E-state index is 0.149. The fourth-order valence-electron chi connectivity index (χ4n) is 1.47. The van der Waals surface area contributed by atoms with Crippen molar-refractivity contribution in [1.29, 1.82) is 0 Å². The first-order valence-electron chi connectivity index (χ1n) is 5.68. The standard InChI is InChI=1S/C11H17BrN2O3S2/c1-3-18(15)5-4-14-19(16,17)11-7-10(13)9(12)6-8(11)2/h6-7,14H,3-5,13H2,1-2H3. The molecule has 5 nitrogen and oxygen atoms in total. The van der Waals surface area contributed by atoms with E-state index in [4.69, 9.17) is 5.73 Å². The van der Waals surface area contributed by atoms with E-state index in [2.05, 4.69) is 20.7 Å². The summed E-state index contributed by atoms with van der Waals surface area (Å²) < 4.78 is 38.6. The first-order chi connectivity index (χ1) is 8.77. The quantitative estimate of drug-likeness (QED) is 0.742. The molecule has 108 valence electrons. The van der Waals surface area contributed by atoms with E-state index in [1.54, 1.807) is 19.9 Å². The summed E-state index contributed by atoms with van der Waals surface area (Å²) in [6, 6.07) is 3.08. The third-order valence-corrected chi connectivity index (χ3v) is 6.12. The number of rotatable bonds is 6. The van der Waals surface area contributed by atoms with Crippen LogP contribution in [0.25, 0.3) is 0 Å². The molecule has 1 unspecified atom stereocenters. The molecule has 0 fully saturated rings. The minimum atomic E-state index is -3.62. The number of sulfonamides is 1. The van der Waals surface area contributed by atoms with Crippen molar-refractivity contribution < 1.29 is 12.6 Å². The lowest BCUT2D eigenvalue weighted by molar-refractivity contribution is 0.583. The van der Waals surface area contributed by atoms with Crippen molar-refractivity contribution in [1.82, 2.24) is 4.72 Å². The van der Waals surface area contributed by atoms with Crippen LogP contribution < -0.4 is 10.5 Å². The highest BCUT2D eigenvalue weighted by Gasteiger charge is 2.18. The van der Waals surface area contributed by atoms with Crippen molar-refractivity contribution in [2.75, 3.05) is 23.8 Å². The van der Waals surface area contributed by atoms with Gasteiger partial charge < -0.3 is 5.73 Å². The number of halogens is 1. The average Bonchev–Trinajstić information content (AvgIpc) is 2.33. The van der Waals surface area contributed by atoms with E-state index in [0.717, 1.165) is 0 Å². The van der Waals surface area contributed by atoms with Crippen LogP contribution in [0.1, 0.15) is 12.5 Å². The molecule has 0 saturated heterocycles. The summed E-state index contributed by atoms with van der Waals surface area (Å²) in [4.78, 5) is 0.149. The van der Waals surface area contributed by atoms with Gasteiger partial charge in [0.1, 0.15) is 0 Å². The lowest BCUT2D eigenvalue weighted by Crippen LogP contribution is -2.28. The molecule has 1 rings (SSSR count). The minimum Gasteiger partial charge on any atom is -0.398 e. The Morgan fingerprint density at radius 1 is 1.42 bits per heavy atom. The maximum absolute atomic E-state index is 12.1. The highest BCUT2D eigenvalue weighted by Crippen LogP contribution is 2.26. The lowest BCUT2D eigenvalue weighted by atomic mass is 10.2. The second-order valence-electron chi connectivity index (χ2n) is 3.97. The molecular weight excluding hydrogens is 352 g/mol. The van der Waals surface area contributed by atoms with Gasteiger partial charge in [0.2, 0.25) is 10.0 Å². The first-order valence-corrected chi connectivity index (χ1v) is 9.44. The third-order valence-electron chi connectivity index (χ3n) is 2.53. The molecule has 1 atom stereocenters. The third kappa shape index (κ3) is 4.55. The van der Waals surface area contributed by atoms with E-state index in [-0.39, 0.29) is 11.4 Å². The van der Waals surface area contributed by atoms with Crippen LogP contribution in [0.5, 0.6) is 0 Å². The maximum Gasteiger partial charge on any atom is 0.240 e. The molecule has 0 amide bonds. The second kappa shape index (κ2) is 6.83. The molecule has 1 aromatic carbocycles. The van der Waals surface area contributed by atoms with Crippen LogP contribution in [0.4, 0.5) is 5.69 Å². The van der Waals surface area contributed by atoms with Crippen molar-refractivity contribution >= 4 is 42.4 Å². The van der Waals surface area contributed by atoms with Crippen LogP contribution in [0.15, 0.2) is 21.5 Å². The molecule has 8 heteroatoms. The van der Waals surface area contributed by atoms with E-state index >= 15 is 0 Å². The fourth-order valence-corrected chi connectivity index (χ4v) is 3.97. The lowest BCUT2D eigenvalue weighted by Gasteiger charge is -2.11. The average molecular weight is 369 g/mol. The number of hydrogen-bond acceptors (Lipinski definition) is 4. The first kappa shape index (κ1) is 16.6. The number of benzene rings is 1.